The van der Waals surface area contributed by atoms with E-state index in [4.69, 9.17) is 4.42 Å². The molecule has 0 aromatic carbocycles. The van der Waals surface area contributed by atoms with E-state index in [0.717, 1.165) is 5.76 Å². The molecule has 2 rings (SSSR count). The molecule has 1 aromatic heterocycles. The molecule has 1 unspecified atom stereocenters. The third-order valence-electron chi connectivity index (χ3n) is 2.35. The minimum atomic E-state index is -0.0915. The second-order valence-corrected chi connectivity index (χ2v) is 3.41. The number of oxazole rings is 1. The van der Waals surface area contributed by atoms with Gasteiger partial charge < -0.3 is 14.6 Å². The number of rotatable bonds is 2. The van der Waals surface area contributed by atoms with Crippen LogP contribution in [0, 0.1) is 6.92 Å². The van der Waals surface area contributed by atoms with Crippen LogP contribution in [0.5, 0.6) is 0 Å². The van der Waals surface area contributed by atoms with E-state index in [-0.39, 0.29) is 12.1 Å². The van der Waals surface area contributed by atoms with Gasteiger partial charge in [-0.05, 0) is 13.8 Å². The lowest BCUT2D eigenvalue weighted by Gasteiger charge is -2.19. The molecule has 0 spiro atoms. The molecule has 14 heavy (non-hydrogen) atoms. The van der Waals surface area contributed by atoms with Crippen LogP contribution in [0.3, 0.4) is 0 Å². The van der Waals surface area contributed by atoms with Gasteiger partial charge in [0.2, 0.25) is 5.89 Å². The monoisotopic (exact) mass is 195 g/mol. The summed E-state index contributed by atoms with van der Waals surface area (Å²) < 4.78 is 5.37. The van der Waals surface area contributed by atoms with Gasteiger partial charge in [-0.3, -0.25) is 0 Å². The van der Waals surface area contributed by atoms with Crippen LogP contribution in [0.1, 0.15) is 24.6 Å². The molecule has 1 saturated heterocycles. The average Bonchev–Trinajstić information content (AvgIpc) is 2.73. The molecular formula is C9H13N3O2. The second kappa shape index (κ2) is 3.32. The van der Waals surface area contributed by atoms with Gasteiger partial charge in [0.1, 0.15) is 11.8 Å². The number of amides is 2. The van der Waals surface area contributed by atoms with Crippen LogP contribution in [-0.4, -0.2) is 29.0 Å². The number of carbonyl (C=O) groups is 1. The first-order chi connectivity index (χ1) is 6.68. The van der Waals surface area contributed by atoms with E-state index in [9.17, 15) is 4.79 Å². The van der Waals surface area contributed by atoms with Crippen LogP contribution >= 0.6 is 0 Å². The summed E-state index contributed by atoms with van der Waals surface area (Å²) in [7, 11) is 0. The van der Waals surface area contributed by atoms with Gasteiger partial charge in [0, 0.05) is 13.1 Å². The first-order valence-corrected chi connectivity index (χ1v) is 4.65. The van der Waals surface area contributed by atoms with E-state index in [2.05, 4.69) is 10.3 Å². The van der Waals surface area contributed by atoms with Crippen molar-refractivity contribution in [3.05, 3.63) is 17.8 Å². The Kier molecular flexibility index (Phi) is 2.15. The van der Waals surface area contributed by atoms with Crippen LogP contribution in [-0.2, 0) is 0 Å². The van der Waals surface area contributed by atoms with Crippen molar-refractivity contribution in [2.24, 2.45) is 0 Å². The Hall–Kier alpha value is -1.52. The topological polar surface area (TPSA) is 58.4 Å². The molecule has 1 aliphatic heterocycles. The fourth-order valence-corrected chi connectivity index (χ4v) is 1.55. The summed E-state index contributed by atoms with van der Waals surface area (Å²) in [6, 6.07) is -0.139. The van der Waals surface area contributed by atoms with Crippen LogP contribution < -0.4 is 5.32 Å². The van der Waals surface area contributed by atoms with Gasteiger partial charge in [0.25, 0.3) is 0 Å². The van der Waals surface area contributed by atoms with Gasteiger partial charge >= 0.3 is 6.03 Å². The maximum atomic E-state index is 11.3. The van der Waals surface area contributed by atoms with Crippen molar-refractivity contribution in [2.75, 3.05) is 13.1 Å². The molecule has 1 aliphatic rings. The highest BCUT2D eigenvalue weighted by Gasteiger charge is 2.28. The van der Waals surface area contributed by atoms with Crippen molar-refractivity contribution in [3.63, 3.8) is 0 Å². The first-order valence-electron chi connectivity index (χ1n) is 4.65. The van der Waals surface area contributed by atoms with Crippen molar-refractivity contribution in [2.45, 2.75) is 19.9 Å². The van der Waals surface area contributed by atoms with Gasteiger partial charge in [0.15, 0.2) is 0 Å². The highest BCUT2D eigenvalue weighted by Crippen LogP contribution is 2.20. The number of nitrogens with zero attached hydrogens (tertiary/aromatic N) is 2. The zero-order valence-electron chi connectivity index (χ0n) is 8.28. The summed E-state index contributed by atoms with van der Waals surface area (Å²) in [5.74, 6) is 1.37. The number of nitrogens with one attached hydrogen (secondary N) is 1. The molecule has 1 fully saturated rings. The number of aryl methyl sites for hydroxylation is 1. The molecule has 5 heteroatoms. The summed E-state index contributed by atoms with van der Waals surface area (Å²) in [5.41, 5.74) is 0. The van der Waals surface area contributed by atoms with Crippen molar-refractivity contribution >= 4 is 6.03 Å². The Morgan fingerprint density at radius 1 is 1.71 bits per heavy atom. The molecule has 0 radical (unpaired) electrons. The maximum Gasteiger partial charge on any atom is 0.318 e. The largest absolute Gasteiger partial charge is 0.444 e. The molecule has 1 aromatic rings. The minimum Gasteiger partial charge on any atom is -0.444 e. The smallest absolute Gasteiger partial charge is 0.318 e. The molecule has 76 valence electrons. The zero-order valence-corrected chi connectivity index (χ0v) is 8.28. The Morgan fingerprint density at radius 2 is 2.50 bits per heavy atom. The number of hydrogen-bond donors (Lipinski definition) is 1. The summed E-state index contributed by atoms with van der Waals surface area (Å²) in [6.07, 6.45) is 1.67. The SMILES string of the molecule is Cc1cnc(C(C)N2CCNC2=O)o1. The third-order valence-corrected chi connectivity index (χ3v) is 2.35. The third kappa shape index (κ3) is 1.45. The Labute approximate surface area is 82.1 Å². The molecule has 1 N–H and O–H groups in total. The summed E-state index contributed by atoms with van der Waals surface area (Å²) in [4.78, 5) is 17.2. The van der Waals surface area contributed by atoms with Crippen molar-refractivity contribution in [1.82, 2.24) is 15.2 Å². The van der Waals surface area contributed by atoms with E-state index in [1.807, 2.05) is 13.8 Å². The van der Waals surface area contributed by atoms with Crippen molar-refractivity contribution in [3.8, 4) is 0 Å². The lowest BCUT2D eigenvalue weighted by molar-refractivity contribution is 0.192. The minimum absolute atomic E-state index is 0.0478. The van der Waals surface area contributed by atoms with Crippen molar-refractivity contribution < 1.29 is 9.21 Å². The fraction of sp³-hybridized carbons (Fsp3) is 0.556. The zero-order chi connectivity index (χ0) is 10.1. The van der Waals surface area contributed by atoms with Crippen molar-refractivity contribution in [1.29, 1.82) is 0 Å². The molecule has 0 aliphatic carbocycles. The standard InChI is InChI=1S/C9H13N3O2/c1-6-5-11-8(14-6)7(2)12-4-3-10-9(12)13/h5,7H,3-4H2,1-2H3,(H,10,13). The number of carbonyl (C=O) groups excluding carboxylic acids is 1. The predicted octanol–water partition coefficient (Wildman–Crippen LogP) is 1.07. The Bertz CT molecular complexity index is 348. The van der Waals surface area contributed by atoms with Crippen LogP contribution in [0.4, 0.5) is 4.79 Å². The molecular weight excluding hydrogens is 182 g/mol. The Morgan fingerprint density at radius 3 is 3.00 bits per heavy atom. The van der Waals surface area contributed by atoms with E-state index in [0.29, 0.717) is 19.0 Å². The summed E-state index contributed by atoms with van der Waals surface area (Å²) >= 11 is 0. The molecule has 5 nitrogen and oxygen atoms in total. The number of aromatic nitrogens is 1. The van der Waals surface area contributed by atoms with E-state index in [1.165, 1.54) is 0 Å². The highest BCUT2D eigenvalue weighted by molar-refractivity contribution is 5.76. The highest BCUT2D eigenvalue weighted by atomic mass is 16.4. The molecule has 0 saturated carbocycles. The molecule has 0 bridgehead atoms. The van der Waals surface area contributed by atoms with Gasteiger partial charge in [-0.15, -0.1) is 0 Å². The molecule has 1 atom stereocenters. The molecule has 2 amide bonds. The fourth-order valence-electron chi connectivity index (χ4n) is 1.55. The lowest BCUT2D eigenvalue weighted by Crippen LogP contribution is -2.30. The van der Waals surface area contributed by atoms with E-state index < -0.39 is 0 Å². The first kappa shape index (κ1) is 9.05. The van der Waals surface area contributed by atoms with Crippen LogP contribution in [0.25, 0.3) is 0 Å². The normalized spacial score (nSPS) is 18.4. The quantitative estimate of drug-likeness (QED) is 0.767. The lowest BCUT2D eigenvalue weighted by atomic mass is 10.3. The van der Waals surface area contributed by atoms with Crippen LogP contribution in [0.2, 0.25) is 0 Å². The van der Waals surface area contributed by atoms with Gasteiger partial charge in [0.05, 0.1) is 6.20 Å². The predicted molar refractivity (Wildman–Crippen MR) is 49.8 cm³/mol. The average molecular weight is 195 g/mol. The van der Waals surface area contributed by atoms with E-state index in [1.54, 1.807) is 11.1 Å². The number of urea groups is 1. The Balaban J connectivity index is 2.15. The van der Waals surface area contributed by atoms with Gasteiger partial charge in [-0.25, -0.2) is 9.78 Å². The molecule has 2 heterocycles. The van der Waals surface area contributed by atoms with Gasteiger partial charge in [-0.1, -0.05) is 0 Å². The van der Waals surface area contributed by atoms with Gasteiger partial charge in [-0.2, -0.15) is 0 Å². The van der Waals surface area contributed by atoms with Crippen LogP contribution in [0.15, 0.2) is 10.6 Å². The second-order valence-electron chi connectivity index (χ2n) is 3.41. The summed E-state index contributed by atoms with van der Waals surface area (Å²) in [6.45, 7) is 5.16. The summed E-state index contributed by atoms with van der Waals surface area (Å²) in [5, 5.41) is 2.74. The van der Waals surface area contributed by atoms with E-state index >= 15 is 0 Å². The maximum absolute atomic E-state index is 11.3. The number of hydrogen-bond acceptors (Lipinski definition) is 3.